The van der Waals surface area contributed by atoms with Crippen molar-refractivity contribution < 1.29 is 19.0 Å². The molecule has 7 heteroatoms. The average molecular weight is 462 g/mol. The van der Waals surface area contributed by atoms with Crippen molar-refractivity contribution >= 4 is 34.4 Å². The van der Waals surface area contributed by atoms with Gasteiger partial charge in [0, 0.05) is 36.2 Å². The minimum absolute atomic E-state index is 0.0247. The van der Waals surface area contributed by atoms with E-state index in [4.69, 9.17) is 19.2 Å². The van der Waals surface area contributed by atoms with E-state index in [1.807, 2.05) is 69.3 Å². The number of nitrogens with one attached hydrogen (secondary N) is 2. The number of aromatic nitrogens is 1. The number of carbonyl (C=O) groups excluding carboxylic acids is 1. The van der Waals surface area contributed by atoms with Crippen LogP contribution in [0.25, 0.3) is 17.0 Å². The number of benzene rings is 2. The van der Waals surface area contributed by atoms with Gasteiger partial charge in [0.2, 0.25) is 0 Å². The summed E-state index contributed by atoms with van der Waals surface area (Å²) < 4.78 is 16.8. The second kappa shape index (κ2) is 9.73. The zero-order chi connectivity index (χ0) is 24.3. The molecular weight excluding hydrogens is 430 g/mol. The predicted octanol–water partition coefficient (Wildman–Crippen LogP) is 5.56. The van der Waals surface area contributed by atoms with Gasteiger partial charge in [-0.3, -0.25) is 4.98 Å². The highest BCUT2D eigenvalue weighted by Crippen LogP contribution is 2.40. The predicted molar refractivity (Wildman–Crippen MR) is 134 cm³/mol. The molecule has 1 atom stereocenters. The number of para-hydroxylation sites is 1. The van der Waals surface area contributed by atoms with E-state index in [2.05, 4.69) is 16.7 Å². The van der Waals surface area contributed by atoms with Crippen molar-refractivity contribution in [3.8, 4) is 0 Å². The Morgan fingerprint density at radius 3 is 2.68 bits per heavy atom. The molecule has 0 radical (unpaired) electrons. The Balaban J connectivity index is 1.70. The Hall–Kier alpha value is -3.58. The number of carbonyl (C=O) groups is 1. The number of amides is 1. The Bertz CT molecular complexity index is 1240. The second-order valence-corrected chi connectivity index (χ2v) is 8.89. The van der Waals surface area contributed by atoms with Gasteiger partial charge in [-0.1, -0.05) is 30.3 Å². The first-order valence-electron chi connectivity index (χ1n) is 11.3. The molecule has 0 fully saturated rings. The lowest BCUT2D eigenvalue weighted by Crippen LogP contribution is -2.36. The highest BCUT2D eigenvalue weighted by atomic mass is 16.5. The van der Waals surface area contributed by atoms with Crippen molar-refractivity contribution in [1.82, 2.24) is 10.3 Å². The van der Waals surface area contributed by atoms with Crippen LogP contribution in [0.2, 0.25) is 0 Å². The number of rotatable bonds is 7. The van der Waals surface area contributed by atoms with Crippen molar-refractivity contribution in [2.75, 3.05) is 19.5 Å². The number of hydrogen-bond acceptors (Lipinski definition) is 6. The minimum atomic E-state index is -0.581. The third-order valence-electron chi connectivity index (χ3n) is 5.95. The third kappa shape index (κ3) is 4.84. The summed E-state index contributed by atoms with van der Waals surface area (Å²) in [4.78, 5) is 16.8. The molecule has 7 nitrogen and oxygen atoms in total. The van der Waals surface area contributed by atoms with E-state index >= 15 is 0 Å². The van der Waals surface area contributed by atoms with Gasteiger partial charge >= 0.3 is 6.09 Å². The van der Waals surface area contributed by atoms with Crippen LogP contribution in [-0.4, -0.2) is 36.9 Å². The molecule has 1 aromatic heterocycles. The third-order valence-corrected chi connectivity index (χ3v) is 5.95. The molecule has 0 saturated heterocycles. The van der Waals surface area contributed by atoms with Crippen LogP contribution < -0.4 is 10.6 Å². The lowest BCUT2D eigenvalue weighted by atomic mass is 9.87. The maximum atomic E-state index is 11.9. The summed E-state index contributed by atoms with van der Waals surface area (Å²) in [6.45, 7) is 5.98. The molecule has 2 aromatic carbocycles. The van der Waals surface area contributed by atoms with Gasteiger partial charge < -0.3 is 24.8 Å². The van der Waals surface area contributed by atoms with Crippen LogP contribution >= 0.6 is 0 Å². The van der Waals surface area contributed by atoms with Gasteiger partial charge in [-0.25, -0.2) is 4.79 Å². The first kappa shape index (κ1) is 23.6. The molecule has 1 aliphatic carbocycles. The zero-order valence-electron chi connectivity index (χ0n) is 20.3. The number of pyridine rings is 1. The van der Waals surface area contributed by atoms with Crippen LogP contribution in [0.5, 0.6) is 0 Å². The van der Waals surface area contributed by atoms with Crippen molar-refractivity contribution in [1.29, 1.82) is 0 Å². The smallest absolute Gasteiger partial charge is 0.407 e. The summed E-state index contributed by atoms with van der Waals surface area (Å²) in [5.41, 5.74) is 4.96. The highest BCUT2D eigenvalue weighted by Gasteiger charge is 2.36. The molecule has 0 aliphatic heterocycles. The van der Waals surface area contributed by atoms with Crippen molar-refractivity contribution in [2.24, 2.45) is 0 Å². The van der Waals surface area contributed by atoms with Gasteiger partial charge in [-0.05, 0) is 50.6 Å². The topological polar surface area (TPSA) is 81.7 Å². The van der Waals surface area contributed by atoms with Crippen LogP contribution in [0.15, 0.2) is 54.3 Å². The number of methoxy groups -OCH3 is 2. The number of alkyl carbamates (subject to hydrolysis) is 1. The first-order valence-corrected chi connectivity index (χ1v) is 11.3. The molecule has 0 saturated carbocycles. The number of fused-ring (bicyclic) bond motifs is 2. The fraction of sp³-hybridized carbons (Fsp3) is 0.333. The maximum absolute atomic E-state index is 11.9. The summed E-state index contributed by atoms with van der Waals surface area (Å²) >= 11 is 0. The summed E-state index contributed by atoms with van der Waals surface area (Å²) in [6, 6.07) is 15.9. The number of hydrogen-bond donors (Lipinski definition) is 2. The van der Waals surface area contributed by atoms with Gasteiger partial charge in [0.05, 0.1) is 24.0 Å². The van der Waals surface area contributed by atoms with E-state index in [9.17, 15) is 4.79 Å². The van der Waals surface area contributed by atoms with Crippen LogP contribution in [0, 0.1) is 0 Å². The van der Waals surface area contributed by atoms with Gasteiger partial charge in [0.1, 0.15) is 18.0 Å². The Morgan fingerprint density at radius 1 is 1.15 bits per heavy atom. The van der Waals surface area contributed by atoms with Gasteiger partial charge in [0.15, 0.2) is 0 Å². The monoisotopic (exact) mass is 461 g/mol. The molecule has 34 heavy (non-hydrogen) atoms. The standard InChI is InChI=1S/C27H31N3O4/c1-17(2)28-26(31)34-16-18-9-8-10-19(13-18)29-25-20-11-6-7-12-22(20)30-23-15-27(3,33-5)24(32-4)14-21(23)25/h6-14,17H,15-16H2,1-5H3,(H,28,31)(H,29,30). The number of anilines is 2. The largest absolute Gasteiger partial charge is 0.498 e. The number of ether oxygens (including phenoxy) is 3. The van der Waals surface area contributed by atoms with E-state index in [1.54, 1.807) is 14.2 Å². The fourth-order valence-corrected chi connectivity index (χ4v) is 4.15. The Kier molecular flexibility index (Phi) is 6.75. The minimum Gasteiger partial charge on any atom is -0.498 e. The van der Waals surface area contributed by atoms with E-state index < -0.39 is 11.7 Å². The molecule has 2 N–H and O–H groups in total. The maximum Gasteiger partial charge on any atom is 0.407 e. The van der Waals surface area contributed by atoms with Crippen molar-refractivity contribution in [3.63, 3.8) is 0 Å². The van der Waals surface area contributed by atoms with Crippen molar-refractivity contribution in [3.05, 3.63) is 71.1 Å². The highest BCUT2D eigenvalue weighted by molar-refractivity contribution is 5.98. The lowest BCUT2D eigenvalue weighted by Gasteiger charge is -2.34. The normalized spacial score (nSPS) is 17.2. The molecule has 3 aromatic rings. The Labute approximate surface area is 200 Å². The summed E-state index contributed by atoms with van der Waals surface area (Å²) in [5, 5.41) is 7.33. The SMILES string of the molecule is COC1=Cc2c(nc3ccccc3c2Nc2cccc(COC(=O)NC(C)C)c2)CC1(C)OC. The molecule has 178 valence electrons. The van der Waals surface area contributed by atoms with Crippen LogP contribution in [0.3, 0.4) is 0 Å². The summed E-state index contributed by atoms with van der Waals surface area (Å²) in [6.07, 6.45) is 2.17. The molecule has 1 aliphatic rings. The lowest BCUT2D eigenvalue weighted by molar-refractivity contribution is -0.00483. The molecule has 0 spiro atoms. The van der Waals surface area contributed by atoms with E-state index in [0.717, 1.165) is 44.9 Å². The van der Waals surface area contributed by atoms with Gasteiger partial charge in [0.25, 0.3) is 0 Å². The first-order chi connectivity index (χ1) is 16.3. The summed E-state index contributed by atoms with van der Waals surface area (Å²) in [7, 11) is 3.35. The van der Waals surface area contributed by atoms with Gasteiger partial charge in [-0.15, -0.1) is 0 Å². The van der Waals surface area contributed by atoms with Crippen LogP contribution in [0.4, 0.5) is 16.2 Å². The molecule has 1 heterocycles. The van der Waals surface area contributed by atoms with E-state index in [1.165, 1.54) is 0 Å². The fourth-order valence-electron chi connectivity index (χ4n) is 4.15. The molecule has 1 amide bonds. The van der Waals surface area contributed by atoms with Crippen LogP contribution in [0.1, 0.15) is 37.6 Å². The molecular formula is C27H31N3O4. The average Bonchev–Trinajstić information content (AvgIpc) is 2.82. The van der Waals surface area contributed by atoms with E-state index in [-0.39, 0.29) is 12.6 Å². The molecule has 4 rings (SSSR count). The number of nitrogens with zero attached hydrogens (tertiary/aromatic N) is 1. The molecule has 0 bridgehead atoms. The molecule has 1 unspecified atom stereocenters. The zero-order valence-corrected chi connectivity index (χ0v) is 20.3. The van der Waals surface area contributed by atoms with E-state index in [0.29, 0.717) is 6.42 Å². The second-order valence-electron chi connectivity index (χ2n) is 8.89. The Morgan fingerprint density at radius 2 is 1.94 bits per heavy atom. The summed E-state index contributed by atoms with van der Waals surface area (Å²) in [5.74, 6) is 0.751. The van der Waals surface area contributed by atoms with Crippen molar-refractivity contribution in [2.45, 2.75) is 45.4 Å². The van der Waals surface area contributed by atoms with Crippen LogP contribution in [-0.2, 0) is 27.2 Å². The quantitative estimate of drug-likeness (QED) is 0.479. The van der Waals surface area contributed by atoms with Gasteiger partial charge in [-0.2, -0.15) is 0 Å².